The van der Waals surface area contributed by atoms with Crippen molar-refractivity contribution in [3.05, 3.63) is 45.5 Å². The number of aromatic nitrogens is 4. The predicted molar refractivity (Wildman–Crippen MR) is 115 cm³/mol. The second kappa shape index (κ2) is 8.76. The largest absolute Gasteiger partial charge is 0.492 e. The first-order chi connectivity index (χ1) is 14.5. The van der Waals surface area contributed by atoms with Gasteiger partial charge in [-0.05, 0) is 32.9 Å². The third-order valence-corrected chi connectivity index (χ3v) is 5.26. The maximum Gasteiger partial charge on any atom is 0.255 e. The van der Waals surface area contributed by atoms with Crippen molar-refractivity contribution < 1.29 is 9.47 Å². The minimum Gasteiger partial charge on any atom is -0.492 e. The van der Waals surface area contributed by atoms with Crippen LogP contribution in [0.15, 0.2) is 23.0 Å². The Morgan fingerprint density at radius 1 is 1.13 bits per heavy atom. The number of nitrogens with zero attached hydrogens (tertiary/aromatic N) is 4. The molecule has 1 fully saturated rings. The fourth-order valence-corrected chi connectivity index (χ4v) is 3.34. The van der Waals surface area contributed by atoms with Gasteiger partial charge >= 0.3 is 0 Å². The molecular weight excluding hydrogens is 384 g/mol. The van der Waals surface area contributed by atoms with Crippen LogP contribution in [0.4, 0.5) is 11.9 Å². The Balaban J connectivity index is 1.50. The van der Waals surface area contributed by atoms with Crippen LogP contribution in [0.25, 0.3) is 10.9 Å². The van der Waals surface area contributed by atoms with Gasteiger partial charge in [0.1, 0.15) is 12.4 Å². The van der Waals surface area contributed by atoms with Gasteiger partial charge in [-0.1, -0.05) is 0 Å². The lowest BCUT2D eigenvalue weighted by Gasteiger charge is -2.26. The number of aromatic amines is 1. The summed E-state index contributed by atoms with van der Waals surface area (Å²) < 4.78 is 11.3. The zero-order valence-corrected chi connectivity index (χ0v) is 17.5. The number of anilines is 2. The summed E-state index contributed by atoms with van der Waals surface area (Å²) in [4.78, 5) is 30.4. The van der Waals surface area contributed by atoms with E-state index in [2.05, 4.69) is 30.2 Å². The van der Waals surface area contributed by atoms with Gasteiger partial charge in [0.05, 0.1) is 24.4 Å². The zero-order valence-electron chi connectivity index (χ0n) is 17.5. The minimum atomic E-state index is -0.182. The molecular formula is C21H26N6O3. The van der Waals surface area contributed by atoms with Gasteiger partial charge in [0.15, 0.2) is 0 Å². The molecule has 3 aromatic rings. The lowest BCUT2D eigenvalue weighted by atomic mass is 10.2. The molecule has 1 aromatic carbocycles. The van der Waals surface area contributed by atoms with Crippen molar-refractivity contribution >= 4 is 22.8 Å². The van der Waals surface area contributed by atoms with Crippen LogP contribution >= 0.6 is 0 Å². The summed E-state index contributed by atoms with van der Waals surface area (Å²) >= 11 is 0. The molecule has 1 saturated heterocycles. The molecule has 9 nitrogen and oxygen atoms in total. The first-order valence-corrected chi connectivity index (χ1v) is 10.1. The lowest BCUT2D eigenvalue weighted by Crippen LogP contribution is -2.38. The fraction of sp³-hybridized carbons (Fsp3) is 0.429. The number of H-pyrrole nitrogens is 1. The molecule has 1 aliphatic heterocycles. The average Bonchev–Trinajstić information content (AvgIpc) is 2.72. The number of morpholine rings is 1. The van der Waals surface area contributed by atoms with E-state index >= 15 is 0 Å². The summed E-state index contributed by atoms with van der Waals surface area (Å²) in [6.45, 7) is 10.4. The normalized spacial score (nSPS) is 14.8. The zero-order chi connectivity index (χ0) is 21.1. The van der Waals surface area contributed by atoms with Crippen LogP contribution in [0.3, 0.4) is 0 Å². The number of rotatable bonds is 6. The van der Waals surface area contributed by atoms with Gasteiger partial charge in [-0.3, -0.25) is 20.0 Å². The maximum atomic E-state index is 12.0. The van der Waals surface area contributed by atoms with E-state index < -0.39 is 0 Å². The number of nitrogens with one attached hydrogen (secondary N) is 2. The van der Waals surface area contributed by atoms with Crippen molar-refractivity contribution in [3.63, 3.8) is 0 Å². The van der Waals surface area contributed by atoms with E-state index in [9.17, 15) is 4.79 Å². The quantitative estimate of drug-likeness (QED) is 0.636. The number of fused-ring (bicyclic) bond motifs is 1. The summed E-state index contributed by atoms with van der Waals surface area (Å²) in [6, 6.07) is 5.81. The Bertz CT molecular complexity index is 1110. The monoisotopic (exact) mass is 410 g/mol. The summed E-state index contributed by atoms with van der Waals surface area (Å²) in [5.41, 5.74) is 2.66. The van der Waals surface area contributed by atoms with Gasteiger partial charge in [0.2, 0.25) is 11.9 Å². The van der Waals surface area contributed by atoms with Gasteiger partial charge < -0.3 is 9.47 Å². The molecule has 0 unspecified atom stereocenters. The Hall–Kier alpha value is -3.04. The third-order valence-electron chi connectivity index (χ3n) is 5.26. The van der Waals surface area contributed by atoms with Crippen LogP contribution < -0.4 is 15.6 Å². The Kier molecular flexibility index (Phi) is 5.91. The van der Waals surface area contributed by atoms with Crippen molar-refractivity contribution in [3.8, 4) is 5.75 Å². The SMILES string of the molecule is Cc1nc(Nc2nc(C)c3ccc(OCCN4CCOCC4)cc3n2)[nH]c(=O)c1C. The third kappa shape index (κ3) is 4.58. The molecule has 0 amide bonds. The highest BCUT2D eigenvalue weighted by atomic mass is 16.5. The van der Waals surface area contributed by atoms with Crippen molar-refractivity contribution in [2.75, 3.05) is 44.8 Å². The second-order valence-corrected chi connectivity index (χ2v) is 7.36. The van der Waals surface area contributed by atoms with Crippen LogP contribution in [0, 0.1) is 20.8 Å². The number of ether oxygens (including phenoxy) is 2. The molecule has 0 bridgehead atoms. The van der Waals surface area contributed by atoms with Crippen LogP contribution in [0.2, 0.25) is 0 Å². The first-order valence-electron chi connectivity index (χ1n) is 10.1. The molecule has 0 radical (unpaired) electrons. The molecule has 1 aliphatic rings. The van der Waals surface area contributed by atoms with E-state index in [0.717, 1.165) is 55.2 Å². The molecule has 9 heteroatoms. The van der Waals surface area contributed by atoms with Crippen molar-refractivity contribution in [2.45, 2.75) is 20.8 Å². The molecule has 0 atom stereocenters. The van der Waals surface area contributed by atoms with Crippen LogP contribution in [-0.4, -0.2) is 64.3 Å². The number of hydrogen-bond acceptors (Lipinski definition) is 8. The highest BCUT2D eigenvalue weighted by Gasteiger charge is 2.11. The number of benzene rings is 1. The van der Waals surface area contributed by atoms with E-state index in [1.807, 2.05) is 25.1 Å². The Morgan fingerprint density at radius 3 is 2.70 bits per heavy atom. The molecule has 0 aliphatic carbocycles. The highest BCUT2D eigenvalue weighted by molar-refractivity contribution is 5.83. The van der Waals surface area contributed by atoms with E-state index in [4.69, 9.17) is 9.47 Å². The maximum absolute atomic E-state index is 12.0. The van der Waals surface area contributed by atoms with Crippen molar-refractivity contribution in [1.82, 2.24) is 24.8 Å². The van der Waals surface area contributed by atoms with Crippen LogP contribution in [0.5, 0.6) is 5.75 Å². The molecule has 4 rings (SSSR count). The lowest BCUT2D eigenvalue weighted by molar-refractivity contribution is 0.0322. The van der Waals surface area contributed by atoms with E-state index in [1.54, 1.807) is 13.8 Å². The summed E-state index contributed by atoms with van der Waals surface area (Å²) in [5.74, 6) is 1.45. The highest BCUT2D eigenvalue weighted by Crippen LogP contribution is 2.23. The number of hydrogen-bond donors (Lipinski definition) is 2. The molecule has 0 spiro atoms. The second-order valence-electron chi connectivity index (χ2n) is 7.36. The number of aryl methyl sites for hydroxylation is 2. The van der Waals surface area contributed by atoms with E-state index in [1.165, 1.54) is 0 Å². The van der Waals surface area contributed by atoms with E-state index in [-0.39, 0.29) is 5.56 Å². The van der Waals surface area contributed by atoms with Gasteiger partial charge in [0.25, 0.3) is 5.56 Å². The summed E-state index contributed by atoms with van der Waals surface area (Å²) in [5, 5.41) is 3.95. The first kappa shape index (κ1) is 20.2. The van der Waals surface area contributed by atoms with Crippen molar-refractivity contribution in [1.29, 1.82) is 0 Å². The standard InChI is InChI=1S/C21H26N6O3/c1-13-14(2)22-21(25-19(13)28)26-20-23-15(3)17-5-4-16(12-18(17)24-20)30-11-8-27-6-9-29-10-7-27/h4-5,12H,6-11H2,1-3H3,(H2,22,23,24,25,26,28). The minimum absolute atomic E-state index is 0.182. The fourth-order valence-electron chi connectivity index (χ4n) is 3.34. The van der Waals surface area contributed by atoms with Gasteiger partial charge in [-0.2, -0.15) is 0 Å². The molecule has 3 heterocycles. The molecule has 2 N–H and O–H groups in total. The van der Waals surface area contributed by atoms with Crippen molar-refractivity contribution in [2.24, 2.45) is 0 Å². The predicted octanol–water partition coefficient (Wildman–Crippen LogP) is 2.09. The van der Waals surface area contributed by atoms with Gasteiger partial charge in [-0.15, -0.1) is 0 Å². The Labute approximate surface area is 174 Å². The van der Waals surface area contributed by atoms with Gasteiger partial charge in [0, 0.05) is 42.3 Å². The van der Waals surface area contributed by atoms with Crippen LogP contribution in [-0.2, 0) is 4.74 Å². The molecule has 2 aromatic heterocycles. The summed E-state index contributed by atoms with van der Waals surface area (Å²) in [7, 11) is 0. The Morgan fingerprint density at radius 2 is 1.93 bits per heavy atom. The topological polar surface area (TPSA) is 105 Å². The average molecular weight is 410 g/mol. The molecule has 0 saturated carbocycles. The molecule has 158 valence electrons. The van der Waals surface area contributed by atoms with E-state index in [0.29, 0.717) is 29.8 Å². The molecule has 30 heavy (non-hydrogen) atoms. The summed E-state index contributed by atoms with van der Waals surface area (Å²) in [6.07, 6.45) is 0. The van der Waals surface area contributed by atoms with Gasteiger partial charge in [-0.25, -0.2) is 15.0 Å². The smallest absolute Gasteiger partial charge is 0.255 e. The van der Waals surface area contributed by atoms with Crippen LogP contribution in [0.1, 0.15) is 17.0 Å².